The molecule has 1 aliphatic heterocycles. The lowest BCUT2D eigenvalue weighted by Gasteiger charge is -2.25. The van der Waals surface area contributed by atoms with E-state index in [-0.39, 0.29) is 29.7 Å². The summed E-state index contributed by atoms with van der Waals surface area (Å²) < 4.78 is 11.6. The van der Waals surface area contributed by atoms with Crippen LogP contribution in [-0.2, 0) is 19.1 Å². The van der Waals surface area contributed by atoms with Crippen LogP contribution in [0, 0.1) is 17.8 Å². The number of hydrogen-bond donors (Lipinski definition) is 0. The number of esters is 1. The Balaban J connectivity index is 1.54. The summed E-state index contributed by atoms with van der Waals surface area (Å²) in [5.41, 5.74) is 2.92. The molecule has 1 saturated carbocycles. The van der Waals surface area contributed by atoms with Crippen molar-refractivity contribution in [1.82, 2.24) is 0 Å². The first-order valence-corrected chi connectivity index (χ1v) is 8.01. The Morgan fingerprint density at radius 1 is 1.32 bits per heavy atom. The number of carbonyl (C=O) groups is 2. The second-order valence-electron chi connectivity index (χ2n) is 6.69. The summed E-state index contributed by atoms with van der Waals surface area (Å²) in [5, 5.41) is 0. The SMILES string of the molecule is CC=CC1=C(C)[C@@H](O[C@@H]2OC(=O)[C@@H]3C4=CC[C@H](C4)[C@@H]23)CC1=O. The predicted octanol–water partition coefficient (Wildman–Crippen LogP) is 2.70. The van der Waals surface area contributed by atoms with Gasteiger partial charge in [0.2, 0.25) is 6.29 Å². The van der Waals surface area contributed by atoms with E-state index < -0.39 is 6.29 Å². The van der Waals surface area contributed by atoms with E-state index in [1.54, 1.807) is 0 Å². The van der Waals surface area contributed by atoms with Gasteiger partial charge >= 0.3 is 5.97 Å². The zero-order valence-corrected chi connectivity index (χ0v) is 12.9. The minimum Gasteiger partial charge on any atom is -0.435 e. The summed E-state index contributed by atoms with van der Waals surface area (Å²) in [6, 6.07) is 0. The van der Waals surface area contributed by atoms with Gasteiger partial charge in [-0.25, -0.2) is 0 Å². The first kappa shape index (κ1) is 13.9. The Kier molecular flexibility index (Phi) is 3.12. The molecule has 1 saturated heterocycles. The maximum absolute atomic E-state index is 12.1. The maximum Gasteiger partial charge on any atom is 0.315 e. The molecule has 4 heteroatoms. The summed E-state index contributed by atoms with van der Waals surface area (Å²) in [5.74, 6) is 0.467. The highest BCUT2D eigenvalue weighted by Crippen LogP contribution is 2.54. The zero-order valence-electron chi connectivity index (χ0n) is 12.9. The van der Waals surface area contributed by atoms with Gasteiger partial charge in [0.25, 0.3) is 0 Å². The Bertz CT molecular complexity index is 639. The second kappa shape index (κ2) is 4.92. The van der Waals surface area contributed by atoms with Crippen molar-refractivity contribution < 1.29 is 19.1 Å². The van der Waals surface area contributed by atoms with Crippen LogP contribution >= 0.6 is 0 Å². The van der Waals surface area contributed by atoms with E-state index in [0.717, 1.165) is 24.0 Å². The number of ketones is 1. The highest BCUT2D eigenvalue weighted by atomic mass is 16.7. The summed E-state index contributed by atoms with van der Waals surface area (Å²) in [7, 11) is 0. The number of fused-ring (bicyclic) bond motifs is 5. The Morgan fingerprint density at radius 3 is 2.91 bits per heavy atom. The van der Waals surface area contributed by atoms with E-state index in [2.05, 4.69) is 6.08 Å². The minimum atomic E-state index is -0.494. The molecule has 3 aliphatic carbocycles. The molecule has 0 aromatic rings. The lowest BCUT2D eigenvalue weighted by molar-refractivity contribution is -0.178. The molecule has 2 bridgehead atoms. The molecule has 1 heterocycles. The van der Waals surface area contributed by atoms with Gasteiger partial charge in [0.15, 0.2) is 5.78 Å². The highest BCUT2D eigenvalue weighted by molar-refractivity contribution is 6.02. The number of allylic oxidation sites excluding steroid dienone is 4. The monoisotopic (exact) mass is 300 g/mol. The van der Waals surface area contributed by atoms with Gasteiger partial charge in [-0.1, -0.05) is 23.8 Å². The minimum absolute atomic E-state index is 0.0971. The third-order valence-corrected chi connectivity index (χ3v) is 5.52. The fraction of sp³-hybridized carbons (Fsp3) is 0.556. The predicted molar refractivity (Wildman–Crippen MR) is 79.7 cm³/mol. The standard InChI is InChI=1S/C18H20O4/c1-3-4-12-9(2)14(8-13(12)19)21-18-16-11-6-5-10(7-11)15(16)17(20)22-18/h3-5,11,14-16,18H,6-8H2,1-2H3/t11-,14+,15-,16-,18-/m1/s1. The van der Waals surface area contributed by atoms with Gasteiger partial charge in [-0.3, -0.25) is 9.59 Å². The third-order valence-electron chi connectivity index (χ3n) is 5.52. The average Bonchev–Trinajstić information content (AvgIpc) is 3.21. The number of rotatable bonds is 3. The van der Waals surface area contributed by atoms with Crippen molar-refractivity contribution in [1.29, 1.82) is 0 Å². The fourth-order valence-electron chi connectivity index (χ4n) is 4.44. The molecule has 0 radical (unpaired) electrons. The lowest BCUT2D eigenvalue weighted by atomic mass is 9.85. The van der Waals surface area contributed by atoms with Gasteiger partial charge < -0.3 is 9.47 Å². The van der Waals surface area contributed by atoms with E-state index in [0.29, 0.717) is 12.3 Å². The van der Waals surface area contributed by atoms with Crippen LogP contribution in [0.1, 0.15) is 33.1 Å². The molecular weight excluding hydrogens is 280 g/mol. The van der Waals surface area contributed by atoms with Gasteiger partial charge in [0, 0.05) is 17.9 Å². The fourth-order valence-corrected chi connectivity index (χ4v) is 4.44. The van der Waals surface area contributed by atoms with Gasteiger partial charge in [-0.2, -0.15) is 0 Å². The second-order valence-corrected chi connectivity index (χ2v) is 6.69. The van der Waals surface area contributed by atoms with Gasteiger partial charge in [-0.15, -0.1) is 0 Å². The highest BCUT2D eigenvalue weighted by Gasteiger charge is 2.57. The molecule has 0 N–H and O–H groups in total. The molecule has 4 aliphatic rings. The summed E-state index contributed by atoms with van der Waals surface area (Å²) in [6.45, 7) is 3.83. The van der Waals surface area contributed by atoms with E-state index >= 15 is 0 Å². The summed E-state index contributed by atoms with van der Waals surface area (Å²) in [6.07, 6.45) is 7.52. The number of ether oxygens (including phenoxy) is 2. The van der Waals surface area contributed by atoms with Crippen molar-refractivity contribution in [3.63, 3.8) is 0 Å². The molecule has 4 nitrogen and oxygen atoms in total. The lowest BCUT2D eigenvalue weighted by Crippen LogP contribution is -2.31. The zero-order chi connectivity index (χ0) is 15.4. The van der Waals surface area contributed by atoms with Crippen LogP contribution in [0.15, 0.2) is 34.9 Å². The van der Waals surface area contributed by atoms with Crippen molar-refractivity contribution in [2.24, 2.45) is 17.8 Å². The maximum atomic E-state index is 12.1. The molecule has 4 rings (SSSR count). The van der Waals surface area contributed by atoms with Crippen LogP contribution < -0.4 is 0 Å². The molecule has 0 aromatic heterocycles. The molecule has 116 valence electrons. The molecule has 0 amide bonds. The van der Waals surface area contributed by atoms with Crippen molar-refractivity contribution in [2.75, 3.05) is 0 Å². The van der Waals surface area contributed by atoms with Crippen LogP contribution in [0.4, 0.5) is 0 Å². The Hall–Kier alpha value is -1.68. The molecule has 0 spiro atoms. The first-order valence-electron chi connectivity index (χ1n) is 8.01. The first-order chi connectivity index (χ1) is 10.6. The third kappa shape index (κ3) is 1.86. The molecule has 0 unspecified atom stereocenters. The Morgan fingerprint density at radius 2 is 2.14 bits per heavy atom. The summed E-state index contributed by atoms with van der Waals surface area (Å²) in [4.78, 5) is 24.2. The van der Waals surface area contributed by atoms with Crippen LogP contribution in [0.2, 0.25) is 0 Å². The number of carbonyl (C=O) groups excluding carboxylic acids is 2. The normalized spacial score (nSPS) is 39.9. The van der Waals surface area contributed by atoms with Crippen LogP contribution in [0.5, 0.6) is 0 Å². The van der Waals surface area contributed by atoms with Crippen LogP contribution in [0.25, 0.3) is 0 Å². The number of hydrogen-bond acceptors (Lipinski definition) is 4. The molecular formula is C18H20O4. The van der Waals surface area contributed by atoms with Crippen molar-refractivity contribution in [3.05, 3.63) is 34.9 Å². The number of Topliss-reactive ketones (excluding diaryl/α,β-unsaturated/α-hetero) is 1. The quantitative estimate of drug-likeness (QED) is 0.594. The molecule has 0 aromatic carbocycles. The smallest absolute Gasteiger partial charge is 0.315 e. The van der Waals surface area contributed by atoms with E-state index in [4.69, 9.17) is 9.47 Å². The van der Waals surface area contributed by atoms with Gasteiger partial charge in [0.05, 0.1) is 12.0 Å². The largest absolute Gasteiger partial charge is 0.435 e. The van der Waals surface area contributed by atoms with Gasteiger partial charge in [0.1, 0.15) is 0 Å². The van der Waals surface area contributed by atoms with Crippen molar-refractivity contribution >= 4 is 11.8 Å². The van der Waals surface area contributed by atoms with Gasteiger partial charge in [-0.05, 0) is 38.2 Å². The Labute approximate surface area is 129 Å². The van der Waals surface area contributed by atoms with Crippen molar-refractivity contribution in [3.8, 4) is 0 Å². The number of cyclic esters (lactones) is 1. The van der Waals surface area contributed by atoms with E-state index in [9.17, 15) is 9.59 Å². The van der Waals surface area contributed by atoms with Crippen LogP contribution in [0.3, 0.4) is 0 Å². The molecule has 2 fully saturated rings. The molecule has 5 atom stereocenters. The van der Waals surface area contributed by atoms with E-state index in [1.165, 1.54) is 5.57 Å². The van der Waals surface area contributed by atoms with Crippen LogP contribution in [-0.4, -0.2) is 24.1 Å². The van der Waals surface area contributed by atoms with E-state index in [1.807, 2.05) is 26.0 Å². The summed E-state index contributed by atoms with van der Waals surface area (Å²) >= 11 is 0. The topological polar surface area (TPSA) is 52.6 Å². The van der Waals surface area contributed by atoms with Crippen molar-refractivity contribution in [2.45, 2.75) is 45.5 Å². The molecule has 22 heavy (non-hydrogen) atoms. The average molecular weight is 300 g/mol.